The monoisotopic (exact) mass is 272 g/mol. The molecule has 0 saturated carbocycles. The molecule has 0 unspecified atom stereocenters. The van der Waals surface area contributed by atoms with E-state index in [0.717, 1.165) is 19.3 Å². The van der Waals surface area contributed by atoms with Gasteiger partial charge in [-0.1, -0.05) is 18.0 Å². The van der Waals surface area contributed by atoms with Crippen molar-refractivity contribution in [3.63, 3.8) is 0 Å². The summed E-state index contributed by atoms with van der Waals surface area (Å²) in [5.41, 5.74) is 0. The molecule has 0 fully saturated rings. The topological polar surface area (TPSA) is 44.8 Å². The standard InChI is InChI=1S/C10H22ClO4P/c1-3-14-16(12,15-4-2)9-7-5-6-8-13-10-11/h3-10H2,1-2H3. The lowest BCUT2D eigenvalue weighted by Gasteiger charge is -2.16. The highest BCUT2D eigenvalue weighted by molar-refractivity contribution is 7.53. The van der Waals surface area contributed by atoms with Crippen molar-refractivity contribution in [2.24, 2.45) is 0 Å². The van der Waals surface area contributed by atoms with E-state index in [4.69, 9.17) is 25.4 Å². The van der Waals surface area contributed by atoms with Gasteiger partial charge in [-0.2, -0.15) is 0 Å². The lowest BCUT2D eigenvalue weighted by atomic mass is 10.3. The maximum Gasteiger partial charge on any atom is 0.330 e. The summed E-state index contributed by atoms with van der Waals surface area (Å²) >= 11 is 5.36. The first-order valence-corrected chi connectivity index (χ1v) is 7.96. The molecular formula is C10H22ClO4P. The molecule has 0 N–H and O–H groups in total. The third-order valence-electron chi connectivity index (χ3n) is 1.95. The van der Waals surface area contributed by atoms with Crippen LogP contribution in [0.25, 0.3) is 0 Å². The number of rotatable bonds is 11. The second kappa shape index (κ2) is 10.5. The van der Waals surface area contributed by atoms with E-state index in [1.165, 1.54) is 0 Å². The smallest absolute Gasteiger partial charge is 0.330 e. The van der Waals surface area contributed by atoms with Crippen LogP contribution in [0.3, 0.4) is 0 Å². The number of hydrogen-bond acceptors (Lipinski definition) is 4. The van der Waals surface area contributed by atoms with Crippen LogP contribution in [0.5, 0.6) is 0 Å². The highest BCUT2D eigenvalue weighted by atomic mass is 35.5. The molecule has 0 atom stereocenters. The predicted molar refractivity (Wildman–Crippen MR) is 66.2 cm³/mol. The van der Waals surface area contributed by atoms with Crippen LogP contribution in [-0.4, -0.2) is 32.0 Å². The fourth-order valence-electron chi connectivity index (χ4n) is 1.30. The Balaban J connectivity index is 3.64. The molecule has 0 aromatic heterocycles. The Morgan fingerprint density at radius 3 is 2.19 bits per heavy atom. The Bertz CT molecular complexity index is 191. The van der Waals surface area contributed by atoms with E-state index in [1.807, 2.05) is 13.8 Å². The van der Waals surface area contributed by atoms with Gasteiger partial charge in [-0.25, -0.2) is 0 Å². The van der Waals surface area contributed by atoms with Crippen LogP contribution in [0.2, 0.25) is 0 Å². The van der Waals surface area contributed by atoms with Crippen LogP contribution in [0.4, 0.5) is 0 Å². The molecule has 0 bridgehead atoms. The maximum atomic E-state index is 12.0. The lowest BCUT2D eigenvalue weighted by Crippen LogP contribution is -2.01. The van der Waals surface area contributed by atoms with Crippen LogP contribution in [0.15, 0.2) is 0 Å². The fourth-order valence-corrected chi connectivity index (χ4v) is 3.14. The molecule has 98 valence electrons. The van der Waals surface area contributed by atoms with Crippen LogP contribution < -0.4 is 0 Å². The van der Waals surface area contributed by atoms with Gasteiger partial charge in [0.15, 0.2) is 0 Å². The Morgan fingerprint density at radius 2 is 1.69 bits per heavy atom. The molecule has 0 rings (SSSR count). The van der Waals surface area contributed by atoms with Gasteiger partial charge < -0.3 is 13.8 Å². The molecule has 0 amide bonds. The summed E-state index contributed by atoms with van der Waals surface area (Å²) in [7, 11) is -2.84. The summed E-state index contributed by atoms with van der Waals surface area (Å²) in [6.07, 6.45) is 3.17. The molecule has 0 aliphatic heterocycles. The Labute approximate surface area is 103 Å². The Morgan fingerprint density at radius 1 is 1.06 bits per heavy atom. The van der Waals surface area contributed by atoms with Crippen molar-refractivity contribution in [2.75, 3.05) is 32.0 Å². The molecule has 0 saturated heterocycles. The van der Waals surface area contributed by atoms with Crippen molar-refractivity contribution in [3.8, 4) is 0 Å². The summed E-state index contributed by atoms with van der Waals surface area (Å²) in [5, 5.41) is 0. The van der Waals surface area contributed by atoms with Crippen LogP contribution in [0.1, 0.15) is 33.1 Å². The van der Waals surface area contributed by atoms with Crippen molar-refractivity contribution in [1.29, 1.82) is 0 Å². The molecule has 0 aromatic carbocycles. The van der Waals surface area contributed by atoms with Gasteiger partial charge in [-0.05, 0) is 26.7 Å². The third kappa shape index (κ3) is 8.54. The highest BCUT2D eigenvalue weighted by Gasteiger charge is 2.22. The lowest BCUT2D eigenvalue weighted by molar-refractivity contribution is 0.173. The zero-order valence-corrected chi connectivity index (χ0v) is 11.8. The highest BCUT2D eigenvalue weighted by Crippen LogP contribution is 2.48. The first kappa shape index (κ1) is 16.4. The van der Waals surface area contributed by atoms with Crippen LogP contribution in [0, 0.1) is 0 Å². The normalized spacial score (nSPS) is 11.9. The van der Waals surface area contributed by atoms with E-state index in [1.54, 1.807) is 0 Å². The second-order valence-electron chi connectivity index (χ2n) is 3.25. The molecule has 0 aliphatic carbocycles. The van der Waals surface area contributed by atoms with Crippen molar-refractivity contribution in [1.82, 2.24) is 0 Å². The van der Waals surface area contributed by atoms with Crippen LogP contribution in [-0.2, 0) is 18.3 Å². The quantitative estimate of drug-likeness (QED) is 0.327. The number of halogens is 1. The van der Waals surface area contributed by atoms with Gasteiger partial charge in [0.05, 0.1) is 19.4 Å². The maximum absolute atomic E-state index is 12.0. The minimum absolute atomic E-state index is 0.233. The number of alkyl halides is 1. The Kier molecular flexibility index (Phi) is 10.8. The molecule has 16 heavy (non-hydrogen) atoms. The van der Waals surface area contributed by atoms with Crippen molar-refractivity contribution in [3.05, 3.63) is 0 Å². The van der Waals surface area contributed by atoms with Crippen molar-refractivity contribution in [2.45, 2.75) is 33.1 Å². The number of ether oxygens (including phenoxy) is 1. The van der Waals surface area contributed by atoms with E-state index >= 15 is 0 Å². The number of hydrogen-bond donors (Lipinski definition) is 0. The predicted octanol–water partition coefficient (Wildman–Crippen LogP) is 3.64. The second-order valence-corrected chi connectivity index (χ2v) is 5.65. The van der Waals surface area contributed by atoms with Gasteiger partial charge in [-0.3, -0.25) is 4.57 Å². The summed E-state index contributed by atoms with van der Waals surface area (Å²) < 4.78 is 27.4. The zero-order valence-electron chi connectivity index (χ0n) is 10.1. The first-order valence-electron chi connectivity index (χ1n) is 5.70. The van der Waals surface area contributed by atoms with E-state index in [9.17, 15) is 4.57 Å². The fraction of sp³-hybridized carbons (Fsp3) is 1.00. The minimum Gasteiger partial charge on any atom is -0.366 e. The van der Waals surface area contributed by atoms with E-state index in [0.29, 0.717) is 26.0 Å². The molecular weight excluding hydrogens is 251 g/mol. The molecule has 0 radical (unpaired) electrons. The summed E-state index contributed by atoms with van der Waals surface area (Å²) in [4.78, 5) is 0. The molecule has 0 heterocycles. The van der Waals surface area contributed by atoms with Gasteiger partial charge in [-0.15, -0.1) is 0 Å². The van der Waals surface area contributed by atoms with Gasteiger partial charge >= 0.3 is 7.60 Å². The van der Waals surface area contributed by atoms with Gasteiger partial charge in [0, 0.05) is 6.61 Å². The van der Waals surface area contributed by atoms with Crippen molar-refractivity contribution >= 4 is 19.2 Å². The SMILES string of the molecule is CCOP(=O)(CCCCCOCCl)OCC. The third-order valence-corrected chi connectivity index (χ3v) is 4.27. The van der Waals surface area contributed by atoms with E-state index < -0.39 is 7.60 Å². The van der Waals surface area contributed by atoms with Gasteiger partial charge in [0.1, 0.15) is 6.07 Å². The number of unbranched alkanes of at least 4 members (excludes halogenated alkanes) is 2. The molecule has 0 spiro atoms. The molecule has 0 aliphatic rings. The Hall–Kier alpha value is 0.400. The first-order chi connectivity index (χ1) is 7.68. The average molecular weight is 273 g/mol. The average Bonchev–Trinajstić information content (AvgIpc) is 2.24. The van der Waals surface area contributed by atoms with E-state index in [2.05, 4.69) is 0 Å². The van der Waals surface area contributed by atoms with E-state index in [-0.39, 0.29) is 6.07 Å². The van der Waals surface area contributed by atoms with Crippen molar-refractivity contribution < 1.29 is 18.3 Å². The summed E-state index contributed by atoms with van der Waals surface area (Å²) in [5.74, 6) is 0. The van der Waals surface area contributed by atoms with Gasteiger partial charge in [0.25, 0.3) is 0 Å². The molecule has 0 aromatic rings. The summed E-state index contributed by atoms with van der Waals surface area (Å²) in [6.45, 7) is 5.14. The molecule has 6 heteroatoms. The molecule has 4 nitrogen and oxygen atoms in total. The zero-order chi connectivity index (χ0) is 12.3. The largest absolute Gasteiger partial charge is 0.366 e. The van der Waals surface area contributed by atoms with Crippen LogP contribution >= 0.6 is 19.2 Å². The minimum atomic E-state index is -2.84. The van der Waals surface area contributed by atoms with Gasteiger partial charge in [0.2, 0.25) is 0 Å². The summed E-state index contributed by atoms with van der Waals surface area (Å²) in [6, 6.07) is 0.233.